The quantitative estimate of drug-likeness (QED) is 0.822. The van der Waals surface area contributed by atoms with Gasteiger partial charge in [0.15, 0.2) is 11.4 Å². The van der Waals surface area contributed by atoms with Gasteiger partial charge in [-0.25, -0.2) is 4.39 Å². The van der Waals surface area contributed by atoms with E-state index in [1.165, 1.54) is 16.8 Å². The molecule has 1 aromatic heterocycles. The summed E-state index contributed by atoms with van der Waals surface area (Å²) < 4.78 is 15.5. The topological polar surface area (TPSA) is 91.6 Å². The molecule has 6 rings (SSSR count). The summed E-state index contributed by atoms with van der Waals surface area (Å²) in [6.45, 7) is 2.77. The van der Waals surface area contributed by atoms with Crippen molar-refractivity contribution >= 4 is 11.8 Å². The number of aryl methyl sites for hydroxylation is 1. The second-order valence-corrected chi connectivity index (χ2v) is 8.39. The number of aromatic hydroxyl groups is 1. The maximum Gasteiger partial charge on any atom is 0.275 e. The van der Waals surface area contributed by atoms with Crippen LogP contribution in [-0.4, -0.2) is 38.5 Å². The first-order valence-electron chi connectivity index (χ1n) is 9.61. The minimum Gasteiger partial charge on any atom is -0.503 e. The Morgan fingerprint density at radius 2 is 2.10 bits per heavy atom. The standard InChI is InChI=1S/C21H20FN3O4/c1-11-2-3-13(15(22)4-11)7-23-19(28)14-9-24-10-21-5-12(6-21)8-25(21)20(29)16(24)18(27)17(14)26/h2-4,9,12,27H,5-8,10H2,1H3,(H,23,28). The van der Waals surface area contributed by atoms with Crippen LogP contribution >= 0.6 is 0 Å². The number of nitrogens with zero attached hydrogens (tertiary/aromatic N) is 2. The molecule has 1 saturated carbocycles. The molecule has 2 N–H and O–H groups in total. The van der Waals surface area contributed by atoms with Crippen molar-refractivity contribution in [2.45, 2.75) is 38.4 Å². The third-order valence-electron chi connectivity index (χ3n) is 6.41. The van der Waals surface area contributed by atoms with Gasteiger partial charge in [-0.2, -0.15) is 0 Å². The number of rotatable bonds is 3. The molecule has 2 saturated heterocycles. The van der Waals surface area contributed by atoms with Gasteiger partial charge in [-0.05, 0) is 37.3 Å². The number of pyridine rings is 1. The van der Waals surface area contributed by atoms with Crippen LogP contribution < -0.4 is 10.7 Å². The van der Waals surface area contributed by atoms with Crippen molar-refractivity contribution in [3.05, 3.63) is 62.8 Å². The Bertz CT molecular complexity index is 1130. The van der Waals surface area contributed by atoms with Gasteiger partial charge < -0.3 is 19.9 Å². The van der Waals surface area contributed by atoms with E-state index in [1.54, 1.807) is 24.0 Å². The van der Waals surface area contributed by atoms with Crippen molar-refractivity contribution in [3.8, 4) is 5.75 Å². The summed E-state index contributed by atoms with van der Waals surface area (Å²) in [5, 5.41) is 12.9. The van der Waals surface area contributed by atoms with Gasteiger partial charge in [-0.15, -0.1) is 0 Å². The Morgan fingerprint density at radius 3 is 2.83 bits per heavy atom. The lowest BCUT2D eigenvalue weighted by atomic mass is 9.72. The molecular weight excluding hydrogens is 377 g/mol. The first-order valence-corrected chi connectivity index (χ1v) is 9.61. The summed E-state index contributed by atoms with van der Waals surface area (Å²) in [6.07, 6.45) is 3.15. The van der Waals surface area contributed by atoms with Crippen LogP contribution in [0.3, 0.4) is 0 Å². The Hall–Kier alpha value is -3.16. The summed E-state index contributed by atoms with van der Waals surface area (Å²) in [4.78, 5) is 39.7. The van der Waals surface area contributed by atoms with Crippen LogP contribution in [-0.2, 0) is 13.1 Å². The van der Waals surface area contributed by atoms with Crippen LogP contribution in [0.2, 0.25) is 0 Å². The Balaban J connectivity index is 1.45. The predicted octanol–water partition coefficient (Wildman–Crippen LogP) is 1.55. The number of hydrogen-bond donors (Lipinski definition) is 2. The van der Waals surface area contributed by atoms with Crippen LogP contribution in [0.5, 0.6) is 5.75 Å². The highest BCUT2D eigenvalue weighted by Crippen LogP contribution is 2.53. The molecular formula is C21H20FN3O4. The fraction of sp³-hybridized carbons (Fsp3) is 0.381. The fourth-order valence-electron chi connectivity index (χ4n) is 5.00. The zero-order chi connectivity index (χ0) is 20.5. The highest BCUT2D eigenvalue weighted by atomic mass is 19.1. The van der Waals surface area contributed by atoms with Crippen LogP contribution in [0.4, 0.5) is 4.39 Å². The largest absolute Gasteiger partial charge is 0.503 e. The van der Waals surface area contributed by atoms with Gasteiger partial charge >= 0.3 is 0 Å². The SMILES string of the molecule is Cc1ccc(CNC(=O)c2cn3c(c(O)c2=O)C(=O)N2CC4CC2(C4)C3)c(F)c1. The number of carbonyl (C=O) groups excluding carboxylic acids is 2. The van der Waals surface area contributed by atoms with E-state index < -0.39 is 22.9 Å². The maximum atomic E-state index is 14.0. The molecule has 1 aromatic carbocycles. The Kier molecular flexibility index (Phi) is 3.65. The normalized spacial score (nSPS) is 24.0. The minimum absolute atomic E-state index is 0.0608. The van der Waals surface area contributed by atoms with E-state index in [1.807, 2.05) is 0 Å². The number of benzene rings is 1. The lowest BCUT2D eigenvalue weighted by Crippen LogP contribution is -2.56. The van der Waals surface area contributed by atoms with Gasteiger partial charge in [0.05, 0.1) is 5.54 Å². The number of halogens is 1. The van der Waals surface area contributed by atoms with Gasteiger partial charge in [-0.3, -0.25) is 14.4 Å². The lowest BCUT2D eigenvalue weighted by Gasteiger charge is -2.46. The molecule has 1 aliphatic carbocycles. The van der Waals surface area contributed by atoms with E-state index in [0.717, 1.165) is 18.4 Å². The van der Waals surface area contributed by atoms with E-state index in [9.17, 15) is 23.9 Å². The van der Waals surface area contributed by atoms with Crippen LogP contribution in [0.1, 0.15) is 44.8 Å². The smallest absolute Gasteiger partial charge is 0.275 e. The van der Waals surface area contributed by atoms with Crippen LogP contribution in [0.15, 0.2) is 29.2 Å². The van der Waals surface area contributed by atoms with Crippen LogP contribution in [0, 0.1) is 18.7 Å². The molecule has 8 heteroatoms. The molecule has 150 valence electrons. The molecule has 3 fully saturated rings. The molecule has 0 atom stereocenters. The molecule has 29 heavy (non-hydrogen) atoms. The summed E-state index contributed by atoms with van der Waals surface area (Å²) in [5.74, 6) is -1.76. The zero-order valence-corrected chi connectivity index (χ0v) is 15.9. The summed E-state index contributed by atoms with van der Waals surface area (Å²) in [5.41, 5.74) is -0.427. The fourth-order valence-corrected chi connectivity index (χ4v) is 5.00. The van der Waals surface area contributed by atoms with E-state index in [4.69, 9.17) is 0 Å². The molecule has 4 aliphatic rings. The molecule has 0 radical (unpaired) electrons. The lowest BCUT2D eigenvalue weighted by molar-refractivity contribution is 0.0389. The van der Waals surface area contributed by atoms with Crippen molar-refractivity contribution in [1.82, 2.24) is 14.8 Å². The van der Waals surface area contributed by atoms with Gasteiger partial charge in [0.1, 0.15) is 11.4 Å². The summed E-state index contributed by atoms with van der Waals surface area (Å²) in [7, 11) is 0. The van der Waals surface area contributed by atoms with Crippen molar-refractivity contribution in [2.24, 2.45) is 5.92 Å². The first-order chi connectivity index (χ1) is 13.8. The molecule has 2 amide bonds. The van der Waals surface area contributed by atoms with Crippen molar-refractivity contribution < 1.29 is 19.1 Å². The second-order valence-electron chi connectivity index (χ2n) is 8.39. The average Bonchev–Trinajstić information content (AvgIpc) is 3.19. The number of fused-ring (bicyclic) bond motifs is 1. The third kappa shape index (κ3) is 2.51. The molecule has 7 nitrogen and oxygen atoms in total. The monoisotopic (exact) mass is 397 g/mol. The van der Waals surface area contributed by atoms with Crippen molar-refractivity contribution in [3.63, 3.8) is 0 Å². The summed E-state index contributed by atoms with van der Waals surface area (Å²) in [6, 6.07) is 4.67. The number of aromatic nitrogens is 1. The van der Waals surface area contributed by atoms with E-state index in [0.29, 0.717) is 24.6 Å². The van der Waals surface area contributed by atoms with Gasteiger partial charge in [0.2, 0.25) is 5.43 Å². The molecule has 0 unspecified atom stereocenters. The number of amides is 2. The van der Waals surface area contributed by atoms with E-state index in [-0.39, 0.29) is 29.2 Å². The molecule has 2 aromatic rings. The van der Waals surface area contributed by atoms with E-state index in [2.05, 4.69) is 5.32 Å². The maximum absolute atomic E-state index is 14.0. The number of hydrogen-bond acceptors (Lipinski definition) is 4. The van der Waals surface area contributed by atoms with E-state index >= 15 is 0 Å². The van der Waals surface area contributed by atoms with Crippen molar-refractivity contribution in [1.29, 1.82) is 0 Å². The Morgan fingerprint density at radius 1 is 1.34 bits per heavy atom. The third-order valence-corrected chi connectivity index (χ3v) is 6.41. The number of nitrogens with one attached hydrogen (secondary N) is 1. The molecule has 2 bridgehead atoms. The van der Waals surface area contributed by atoms with Gasteiger partial charge in [-0.1, -0.05) is 12.1 Å². The van der Waals surface area contributed by atoms with Gasteiger partial charge in [0.25, 0.3) is 11.8 Å². The highest BCUT2D eigenvalue weighted by Gasteiger charge is 2.60. The molecule has 4 heterocycles. The second kappa shape index (κ2) is 5.92. The summed E-state index contributed by atoms with van der Waals surface area (Å²) >= 11 is 0. The van der Waals surface area contributed by atoms with Crippen molar-refractivity contribution in [2.75, 3.05) is 6.54 Å². The number of carbonyl (C=O) groups is 2. The zero-order valence-electron chi connectivity index (χ0n) is 15.9. The first kappa shape index (κ1) is 17.9. The minimum atomic E-state index is -0.894. The highest BCUT2D eigenvalue weighted by molar-refractivity contribution is 5.99. The van der Waals surface area contributed by atoms with Crippen LogP contribution in [0.25, 0.3) is 0 Å². The Labute approximate surface area is 165 Å². The molecule has 3 aliphatic heterocycles. The predicted molar refractivity (Wildman–Crippen MR) is 101 cm³/mol. The molecule has 1 spiro atoms. The van der Waals surface area contributed by atoms with Gasteiger partial charge in [0, 0.05) is 31.4 Å². The average molecular weight is 397 g/mol.